The molecule has 2 rings (SSSR count). The van der Waals surface area contributed by atoms with Crippen molar-refractivity contribution < 1.29 is 19.5 Å². The van der Waals surface area contributed by atoms with Crippen molar-refractivity contribution in [2.24, 2.45) is 5.92 Å². The lowest BCUT2D eigenvalue weighted by atomic mass is 9.97. The van der Waals surface area contributed by atoms with Crippen LogP contribution in [0.5, 0.6) is 0 Å². The number of carboxylic acid groups (broad SMARTS) is 1. The number of nitrogens with zero attached hydrogens (tertiary/aromatic N) is 1. The summed E-state index contributed by atoms with van der Waals surface area (Å²) in [6, 6.07) is 6.95. The van der Waals surface area contributed by atoms with Crippen molar-refractivity contribution >= 4 is 17.9 Å². The first-order valence-electron chi connectivity index (χ1n) is 8.64. The number of aliphatic carboxylic acids is 1. The number of carbonyl (C=O) groups excluding carboxylic acids is 2. The number of carbonyl (C=O) groups is 3. The van der Waals surface area contributed by atoms with Crippen LogP contribution < -0.4 is 10.6 Å². The number of urea groups is 1. The van der Waals surface area contributed by atoms with Crippen LogP contribution >= 0.6 is 0 Å². The molecule has 1 aliphatic heterocycles. The summed E-state index contributed by atoms with van der Waals surface area (Å²) in [6.07, 6.45) is 1.84. The van der Waals surface area contributed by atoms with E-state index in [0.29, 0.717) is 44.6 Å². The highest BCUT2D eigenvalue weighted by Gasteiger charge is 2.26. The van der Waals surface area contributed by atoms with Crippen LogP contribution in [-0.4, -0.2) is 47.5 Å². The molecule has 1 heterocycles. The van der Waals surface area contributed by atoms with Crippen LogP contribution in [0.25, 0.3) is 0 Å². The number of hydrogen-bond acceptors (Lipinski definition) is 3. The van der Waals surface area contributed by atoms with Crippen molar-refractivity contribution in [3.05, 3.63) is 35.4 Å². The van der Waals surface area contributed by atoms with Crippen LogP contribution in [0.15, 0.2) is 24.3 Å². The number of likely N-dealkylation sites (tertiary alicyclic amines) is 1. The molecular weight excluding hydrogens is 322 g/mol. The smallest absolute Gasteiger partial charge is 0.317 e. The largest absolute Gasteiger partial charge is 0.481 e. The number of amides is 3. The van der Waals surface area contributed by atoms with Gasteiger partial charge in [0.1, 0.15) is 0 Å². The molecule has 0 unspecified atom stereocenters. The quantitative estimate of drug-likeness (QED) is 0.731. The molecule has 3 amide bonds. The van der Waals surface area contributed by atoms with Gasteiger partial charge in [-0.05, 0) is 37.0 Å². The van der Waals surface area contributed by atoms with Gasteiger partial charge in [-0.25, -0.2) is 4.79 Å². The normalized spacial score (nSPS) is 14.8. The van der Waals surface area contributed by atoms with Gasteiger partial charge in [0, 0.05) is 31.7 Å². The molecule has 1 fully saturated rings. The van der Waals surface area contributed by atoms with Crippen molar-refractivity contribution in [2.45, 2.75) is 32.7 Å². The minimum Gasteiger partial charge on any atom is -0.481 e. The first kappa shape index (κ1) is 18.8. The fourth-order valence-electron chi connectivity index (χ4n) is 2.78. The molecule has 1 saturated heterocycles. The summed E-state index contributed by atoms with van der Waals surface area (Å²) in [5.41, 5.74) is 1.42. The number of carboxylic acids is 1. The summed E-state index contributed by atoms with van der Waals surface area (Å²) >= 11 is 0. The fraction of sp³-hybridized carbons (Fsp3) is 0.500. The van der Waals surface area contributed by atoms with Gasteiger partial charge < -0.3 is 20.6 Å². The molecule has 0 aliphatic carbocycles. The van der Waals surface area contributed by atoms with Gasteiger partial charge >= 0.3 is 12.0 Å². The van der Waals surface area contributed by atoms with Crippen LogP contribution in [0.2, 0.25) is 0 Å². The summed E-state index contributed by atoms with van der Waals surface area (Å²) < 4.78 is 0. The molecular formula is C18H25N3O4. The van der Waals surface area contributed by atoms with E-state index in [9.17, 15) is 14.4 Å². The van der Waals surface area contributed by atoms with Crippen LogP contribution in [0.4, 0.5) is 4.79 Å². The van der Waals surface area contributed by atoms with E-state index in [4.69, 9.17) is 5.11 Å². The van der Waals surface area contributed by atoms with Crippen molar-refractivity contribution in [1.29, 1.82) is 0 Å². The predicted octanol–water partition coefficient (Wildman–Crippen LogP) is 1.83. The number of rotatable bonds is 6. The van der Waals surface area contributed by atoms with E-state index in [1.807, 2.05) is 13.0 Å². The minimum atomic E-state index is -0.793. The summed E-state index contributed by atoms with van der Waals surface area (Å²) in [5.74, 6) is -1.27. The van der Waals surface area contributed by atoms with Gasteiger partial charge in [0.2, 0.25) is 0 Å². The van der Waals surface area contributed by atoms with Gasteiger partial charge in [0.15, 0.2) is 0 Å². The Bertz CT molecular complexity index is 625. The third-order valence-corrected chi connectivity index (χ3v) is 4.30. The van der Waals surface area contributed by atoms with E-state index in [0.717, 1.165) is 12.0 Å². The van der Waals surface area contributed by atoms with Crippen molar-refractivity contribution in [3.63, 3.8) is 0 Å². The highest BCUT2D eigenvalue weighted by Crippen LogP contribution is 2.17. The number of piperidine rings is 1. The Morgan fingerprint density at radius 1 is 1.20 bits per heavy atom. The first-order valence-corrected chi connectivity index (χ1v) is 8.64. The zero-order valence-corrected chi connectivity index (χ0v) is 14.5. The summed E-state index contributed by atoms with van der Waals surface area (Å²) in [5, 5.41) is 14.6. The molecule has 0 saturated carbocycles. The van der Waals surface area contributed by atoms with E-state index in [1.165, 1.54) is 0 Å². The number of nitrogens with one attached hydrogen (secondary N) is 2. The Morgan fingerprint density at radius 3 is 2.56 bits per heavy atom. The average molecular weight is 347 g/mol. The lowest BCUT2D eigenvalue weighted by molar-refractivity contribution is -0.143. The lowest BCUT2D eigenvalue weighted by Gasteiger charge is -2.30. The van der Waals surface area contributed by atoms with Gasteiger partial charge in [-0.1, -0.05) is 19.1 Å². The molecule has 7 nitrogen and oxygen atoms in total. The Labute approximate surface area is 147 Å². The molecule has 1 aromatic carbocycles. The predicted molar refractivity (Wildman–Crippen MR) is 93.2 cm³/mol. The SMILES string of the molecule is CCCNC(=O)c1cccc(CNC(=O)N2CCC(C(=O)O)CC2)c1. The molecule has 3 N–H and O–H groups in total. The van der Waals surface area contributed by atoms with E-state index in [2.05, 4.69) is 10.6 Å². The number of benzene rings is 1. The molecule has 136 valence electrons. The van der Waals surface area contributed by atoms with Gasteiger partial charge in [-0.15, -0.1) is 0 Å². The lowest BCUT2D eigenvalue weighted by Crippen LogP contribution is -2.45. The minimum absolute atomic E-state index is 0.120. The average Bonchev–Trinajstić information content (AvgIpc) is 2.64. The second kappa shape index (κ2) is 9.05. The third kappa shape index (κ3) is 5.48. The van der Waals surface area contributed by atoms with Crippen LogP contribution in [0, 0.1) is 5.92 Å². The molecule has 1 aromatic rings. The van der Waals surface area contributed by atoms with Gasteiger partial charge in [-0.3, -0.25) is 9.59 Å². The Balaban J connectivity index is 1.84. The van der Waals surface area contributed by atoms with Gasteiger partial charge in [0.05, 0.1) is 5.92 Å². The maximum atomic E-state index is 12.2. The van der Waals surface area contributed by atoms with Crippen molar-refractivity contribution in [1.82, 2.24) is 15.5 Å². The molecule has 7 heteroatoms. The van der Waals surface area contributed by atoms with Crippen LogP contribution in [0.3, 0.4) is 0 Å². The maximum Gasteiger partial charge on any atom is 0.317 e. The monoisotopic (exact) mass is 347 g/mol. The van der Waals surface area contributed by atoms with Gasteiger partial charge in [-0.2, -0.15) is 0 Å². The third-order valence-electron chi connectivity index (χ3n) is 4.30. The topological polar surface area (TPSA) is 98.7 Å². The van der Waals surface area contributed by atoms with E-state index in [1.54, 1.807) is 23.1 Å². The van der Waals surface area contributed by atoms with E-state index < -0.39 is 5.97 Å². The Morgan fingerprint density at radius 2 is 1.92 bits per heavy atom. The second-order valence-corrected chi connectivity index (χ2v) is 6.21. The molecule has 0 bridgehead atoms. The highest BCUT2D eigenvalue weighted by atomic mass is 16.4. The zero-order valence-electron chi connectivity index (χ0n) is 14.5. The molecule has 25 heavy (non-hydrogen) atoms. The molecule has 0 radical (unpaired) electrons. The highest BCUT2D eigenvalue weighted by molar-refractivity contribution is 5.94. The van der Waals surface area contributed by atoms with Crippen LogP contribution in [-0.2, 0) is 11.3 Å². The Hall–Kier alpha value is -2.57. The molecule has 0 spiro atoms. The summed E-state index contributed by atoms with van der Waals surface area (Å²) in [6.45, 7) is 3.84. The Kier molecular flexibility index (Phi) is 6.80. The second-order valence-electron chi connectivity index (χ2n) is 6.21. The summed E-state index contributed by atoms with van der Waals surface area (Å²) in [4.78, 5) is 36.7. The fourth-order valence-corrected chi connectivity index (χ4v) is 2.78. The molecule has 1 aliphatic rings. The van der Waals surface area contributed by atoms with E-state index >= 15 is 0 Å². The van der Waals surface area contributed by atoms with Crippen LogP contribution in [0.1, 0.15) is 42.1 Å². The van der Waals surface area contributed by atoms with Crippen molar-refractivity contribution in [2.75, 3.05) is 19.6 Å². The molecule has 0 atom stereocenters. The van der Waals surface area contributed by atoms with Crippen molar-refractivity contribution in [3.8, 4) is 0 Å². The number of hydrogen-bond donors (Lipinski definition) is 3. The molecule has 0 aromatic heterocycles. The van der Waals surface area contributed by atoms with Gasteiger partial charge in [0.25, 0.3) is 5.91 Å². The standard InChI is InChI=1S/C18H25N3O4/c1-2-8-19-16(22)15-5-3-4-13(11-15)12-20-18(25)21-9-6-14(7-10-21)17(23)24/h3-5,11,14H,2,6-10,12H2,1H3,(H,19,22)(H,20,25)(H,23,24). The summed E-state index contributed by atoms with van der Waals surface area (Å²) in [7, 11) is 0. The first-order chi connectivity index (χ1) is 12.0. The van der Waals surface area contributed by atoms with E-state index in [-0.39, 0.29) is 17.9 Å². The zero-order chi connectivity index (χ0) is 18.2. The maximum absolute atomic E-state index is 12.2.